The van der Waals surface area contributed by atoms with Crippen LogP contribution in [0.2, 0.25) is 0 Å². The Balaban J connectivity index is 1.58. The lowest BCUT2D eigenvalue weighted by molar-refractivity contribution is -0.122. The van der Waals surface area contributed by atoms with Crippen LogP contribution in [0.25, 0.3) is 16.9 Å². The van der Waals surface area contributed by atoms with E-state index >= 15 is 0 Å². The Hall–Kier alpha value is -3.82. The highest BCUT2D eigenvalue weighted by atomic mass is 19.1. The van der Waals surface area contributed by atoms with Crippen molar-refractivity contribution in [3.63, 3.8) is 0 Å². The Bertz CT molecular complexity index is 1170. The van der Waals surface area contributed by atoms with Gasteiger partial charge in [0.1, 0.15) is 24.4 Å². The number of benzene rings is 1. The van der Waals surface area contributed by atoms with Crippen LogP contribution < -0.4 is 10.9 Å². The van der Waals surface area contributed by atoms with Gasteiger partial charge in [0.2, 0.25) is 5.91 Å². The van der Waals surface area contributed by atoms with E-state index in [1.54, 1.807) is 18.2 Å². The Kier molecular flexibility index (Phi) is 4.21. The van der Waals surface area contributed by atoms with E-state index in [0.29, 0.717) is 11.4 Å². The van der Waals surface area contributed by atoms with Gasteiger partial charge in [-0.3, -0.25) is 14.2 Å². The molecule has 3 heterocycles. The van der Waals surface area contributed by atoms with Gasteiger partial charge in [0.05, 0.1) is 18.5 Å². The van der Waals surface area contributed by atoms with E-state index in [9.17, 15) is 14.0 Å². The monoisotopic (exact) mass is 368 g/mol. The lowest BCUT2D eigenvalue weighted by Gasteiger charge is -2.06. The number of nitrogens with zero attached hydrogens (tertiary/aromatic N) is 5. The number of furan rings is 1. The van der Waals surface area contributed by atoms with Crippen molar-refractivity contribution in [2.75, 3.05) is 0 Å². The van der Waals surface area contributed by atoms with Gasteiger partial charge < -0.3 is 9.73 Å². The first-order valence-corrected chi connectivity index (χ1v) is 7.98. The third-order valence-electron chi connectivity index (χ3n) is 3.84. The maximum Gasteiger partial charge on any atom is 0.284 e. The van der Waals surface area contributed by atoms with E-state index in [4.69, 9.17) is 4.42 Å². The number of hydrogen-bond acceptors (Lipinski definition) is 6. The normalized spacial score (nSPS) is 11.0. The van der Waals surface area contributed by atoms with Crippen LogP contribution >= 0.6 is 0 Å². The smallest absolute Gasteiger partial charge is 0.284 e. The van der Waals surface area contributed by atoms with Gasteiger partial charge in [-0.05, 0) is 30.3 Å². The molecule has 27 heavy (non-hydrogen) atoms. The minimum atomic E-state index is -0.518. The Morgan fingerprint density at radius 3 is 2.93 bits per heavy atom. The highest BCUT2D eigenvalue weighted by Gasteiger charge is 2.15. The average Bonchev–Trinajstić information content (AvgIpc) is 3.32. The second-order valence-electron chi connectivity index (χ2n) is 5.69. The molecular formula is C17H13FN6O3. The maximum atomic E-state index is 13.4. The van der Waals surface area contributed by atoms with Crippen LogP contribution in [0.1, 0.15) is 5.76 Å². The van der Waals surface area contributed by atoms with Crippen LogP contribution in [0.4, 0.5) is 4.39 Å². The first-order valence-electron chi connectivity index (χ1n) is 7.98. The molecule has 0 aliphatic rings. The van der Waals surface area contributed by atoms with E-state index in [-0.39, 0.29) is 30.2 Å². The SMILES string of the molecule is O=C(Cn1cnc2c(nnn2-c2cccc(F)c2)c1=O)NCc1ccco1. The molecule has 0 bridgehead atoms. The van der Waals surface area contributed by atoms with Crippen molar-refractivity contribution in [3.05, 3.63) is 70.9 Å². The molecule has 1 N–H and O–H groups in total. The quantitative estimate of drug-likeness (QED) is 0.564. The summed E-state index contributed by atoms with van der Waals surface area (Å²) in [6.07, 6.45) is 2.74. The van der Waals surface area contributed by atoms with Crippen LogP contribution in [0.15, 0.2) is 58.2 Å². The first-order chi connectivity index (χ1) is 13.1. The van der Waals surface area contributed by atoms with Crippen molar-refractivity contribution in [1.82, 2.24) is 29.9 Å². The summed E-state index contributed by atoms with van der Waals surface area (Å²) in [5, 5.41) is 10.3. The lowest BCUT2D eigenvalue weighted by Crippen LogP contribution is -2.32. The molecule has 0 spiro atoms. The summed E-state index contributed by atoms with van der Waals surface area (Å²) in [6.45, 7) is -0.0126. The minimum absolute atomic E-state index is 0.0133. The predicted octanol–water partition coefficient (Wildman–Crippen LogP) is 1.03. The first kappa shape index (κ1) is 16.6. The molecule has 0 aliphatic carbocycles. The zero-order valence-electron chi connectivity index (χ0n) is 13.9. The third-order valence-corrected chi connectivity index (χ3v) is 3.84. The molecule has 4 rings (SSSR count). The fourth-order valence-electron chi connectivity index (χ4n) is 2.55. The molecule has 9 nitrogen and oxygen atoms in total. The summed E-state index contributed by atoms with van der Waals surface area (Å²) in [5.41, 5.74) is 0.0348. The molecule has 0 atom stereocenters. The Morgan fingerprint density at radius 2 is 2.15 bits per heavy atom. The molecule has 0 unspecified atom stereocenters. The molecule has 10 heteroatoms. The summed E-state index contributed by atoms with van der Waals surface area (Å²) in [5.74, 6) is -0.229. The number of halogens is 1. The molecule has 0 saturated heterocycles. The van der Waals surface area contributed by atoms with Crippen molar-refractivity contribution in [2.45, 2.75) is 13.1 Å². The molecule has 3 aromatic heterocycles. The number of nitrogens with one attached hydrogen (secondary N) is 1. The van der Waals surface area contributed by atoms with Crippen LogP contribution in [-0.2, 0) is 17.9 Å². The minimum Gasteiger partial charge on any atom is -0.467 e. The molecule has 1 aromatic carbocycles. The lowest BCUT2D eigenvalue weighted by atomic mass is 10.3. The van der Waals surface area contributed by atoms with Gasteiger partial charge in [-0.2, -0.15) is 4.68 Å². The van der Waals surface area contributed by atoms with Crippen molar-refractivity contribution in [3.8, 4) is 5.69 Å². The summed E-state index contributed by atoms with van der Waals surface area (Å²) in [7, 11) is 0. The number of rotatable bonds is 5. The zero-order valence-corrected chi connectivity index (χ0v) is 13.9. The van der Waals surface area contributed by atoms with E-state index < -0.39 is 11.4 Å². The van der Waals surface area contributed by atoms with E-state index in [1.165, 1.54) is 35.5 Å². The Labute approximate surface area is 151 Å². The average molecular weight is 368 g/mol. The van der Waals surface area contributed by atoms with Crippen LogP contribution in [0, 0.1) is 5.82 Å². The third kappa shape index (κ3) is 3.32. The standard InChI is InChI=1S/C17H13FN6O3/c18-11-3-1-4-12(7-11)24-16-15(21-22-24)17(26)23(10-20-16)9-14(25)19-8-13-5-2-6-27-13/h1-7,10H,8-9H2,(H,19,25). The summed E-state index contributed by atoms with van der Waals surface area (Å²) >= 11 is 0. The Morgan fingerprint density at radius 1 is 1.26 bits per heavy atom. The largest absolute Gasteiger partial charge is 0.467 e. The molecule has 0 saturated carbocycles. The molecule has 0 aliphatic heterocycles. The van der Waals surface area contributed by atoms with Gasteiger partial charge in [-0.1, -0.05) is 11.3 Å². The second-order valence-corrected chi connectivity index (χ2v) is 5.69. The number of amides is 1. The van der Waals surface area contributed by atoms with E-state index in [0.717, 1.165) is 4.57 Å². The van der Waals surface area contributed by atoms with Gasteiger partial charge in [0.25, 0.3) is 5.56 Å². The van der Waals surface area contributed by atoms with Crippen LogP contribution in [0.5, 0.6) is 0 Å². The highest BCUT2D eigenvalue weighted by Crippen LogP contribution is 2.12. The van der Waals surface area contributed by atoms with Gasteiger partial charge in [0.15, 0.2) is 11.2 Å². The fourth-order valence-corrected chi connectivity index (χ4v) is 2.55. The molecule has 136 valence electrons. The summed E-state index contributed by atoms with van der Waals surface area (Å²) in [6, 6.07) is 9.12. The predicted molar refractivity (Wildman–Crippen MR) is 91.4 cm³/mol. The number of carbonyl (C=O) groups is 1. The number of carbonyl (C=O) groups excluding carboxylic acids is 1. The van der Waals surface area contributed by atoms with Crippen molar-refractivity contribution in [2.24, 2.45) is 0 Å². The number of hydrogen-bond donors (Lipinski definition) is 1. The molecular weight excluding hydrogens is 355 g/mol. The maximum absolute atomic E-state index is 13.4. The van der Waals surface area contributed by atoms with Gasteiger partial charge in [-0.15, -0.1) is 5.10 Å². The van der Waals surface area contributed by atoms with Crippen molar-refractivity contribution < 1.29 is 13.6 Å². The molecule has 1 amide bonds. The van der Waals surface area contributed by atoms with Crippen LogP contribution in [0.3, 0.4) is 0 Å². The van der Waals surface area contributed by atoms with Gasteiger partial charge in [0, 0.05) is 0 Å². The highest BCUT2D eigenvalue weighted by molar-refractivity contribution is 5.76. The van der Waals surface area contributed by atoms with E-state index in [1.807, 2.05) is 0 Å². The van der Waals surface area contributed by atoms with Crippen molar-refractivity contribution >= 4 is 17.1 Å². The second kappa shape index (κ2) is 6.83. The topological polar surface area (TPSA) is 108 Å². The molecule has 0 fully saturated rings. The zero-order chi connectivity index (χ0) is 18.8. The molecule has 0 radical (unpaired) electrons. The fraction of sp³-hybridized carbons (Fsp3) is 0.118. The summed E-state index contributed by atoms with van der Waals surface area (Å²) < 4.78 is 20.9. The van der Waals surface area contributed by atoms with E-state index in [2.05, 4.69) is 20.6 Å². The molecule has 4 aromatic rings. The van der Waals surface area contributed by atoms with Crippen LogP contribution in [-0.4, -0.2) is 30.5 Å². The van der Waals surface area contributed by atoms with Gasteiger partial charge >= 0.3 is 0 Å². The van der Waals surface area contributed by atoms with Crippen molar-refractivity contribution in [1.29, 1.82) is 0 Å². The van der Waals surface area contributed by atoms with Gasteiger partial charge in [-0.25, -0.2) is 9.37 Å². The summed E-state index contributed by atoms with van der Waals surface area (Å²) in [4.78, 5) is 28.7. The number of fused-ring (bicyclic) bond motifs is 1. The number of aromatic nitrogens is 5.